The third-order valence-electron chi connectivity index (χ3n) is 3.32. The maximum absolute atomic E-state index is 12.3. The predicted octanol–water partition coefficient (Wildman–Crippen LogP) is -0.612. The Hall–Kier alpha value is -2.21. The molecule has 1 fully saturated rings. The van der Waals surface area contributed by atoms with E-state index in [-0.39, 0.29) is 19.0 Å². The first-order valence-electron chi connectivity index (χ1n) is 6.08. The Labute approximate surface area is 109 Å². The Balaban J connectivity index is 1.83. The molecule has 2 aliphatic rings. The number of nitrogens with one attached hydrogen (secondary N) is 2. The van der Waals surface area contributed by atoms with E-state index in [4.69, 9.17) is 0 Å². The summed E-state index contributed by atoms with van der Waals surface area (Å²) in [6.07, 6.45) is 0. The molecule has 1 saturated heterocycles. The van der Waals surface area contributed by atoms with E-state index >= 15 is 0 Å². The molecular formula is C13H13N3O3. The van der Waals surface area contributed by atoms with Crippen molar-refractivity contribution in [2.75, 3.05) is 13.1 Å². The maximum Gasteiger partial charge on any atom is 0.254 e. The van der Waals surface area contributed by atoms with Gasteiger partial charge in [0.05, 0.1) is 0 Å². The molecule has 2 N–H and O–H groups in total. The van der Waals surface area contributed by atoms with Crippen LogP contribution >= 0.6 is 0 Å². The molecule has 3 rings (SSSR count). The highest BCUT2D eigenvalue weighted by Gasteiger charge is 2.27. The van der Waals surface area contributed by atoms with Crippen molar-refractivity contribution in [1.82, 2.24) is 15.5 Å². The molecule has 0 radical (unpaired) electrons. The van der Waals surface area contributed by atoms with Gasteiger partial charge >= 0.3 is 0 Å². The molecule has 6 nitrogen and oxygen atoms in total. The van der Waals surface area contributed by atoms with E-state index in [0.717, 1.165) is 18.7 Å². The fourth-order valence-corrected chi connectivity index (χ4v) is 2.39. The van der Waals surface area contributed by atoms with Crippen molar-refractivity contribution in [3.05, 3.63) is 34.9 Å². The van der Waals surface area contributed by atoms with Crippen molar-refractivity contribution in [2.45, 2.75) is 13.1 Å². The number of carbonyl (C=O) groups excluding carboxylic acids is 3. The van der Waals surface area contributed by atoms with Gasteiger partial charge in [-0.3, -0.25) is 19.7 Å². The fraction of sp³-hybridized carbons (Fsp3) is 0.308. The Morgan fingerprint density at radius 2 is 1.74 bits per heavy atom. The van der Waals surface area contributed by atoms with E-state index in [1.165, 1.54) is 10.5 Å². The van der Waals surface area contributed by atoms with Gasteiger partial charge in [0.2, 0.25) is 11.8 Å². The first-order valence-corrected chi connectivity index (χ1v) is 6.08. The van der Waals surface area contributed by atoms with E-state index in [1.54, 1.807) is 6.07 Å². The number of amides is 3. The number of hydrogen-bond donors (Lipinski definition) is 2. The summed E-state index contributed by atoms with van der Waals surface area (Å²) in [5.74, 6) is -1.15. The molecule has 1 aromatic rings. The van der Waals surface area contributed by atoms with Crippen LogP contribution in [0.2, 0.25) is 0 Å². The van der Waals surface area contributed by atoms with Crippen LogP contribution in [0.5, 0.6) is 0 Å². The highest BCUT2D eigenvalue weighted by Crippen LogP contribution is 2.18. The van der Waals surface area contributed by atoms with Crippen LogP contribution < -0.4 is 10.6 Å². The molecule has 6 heteroatoms. The minimum atomic E-state index is -0.438. The molecule has 0 saturated carbocycles. The zero-order valence-corrected chi connectivity index (χ0v) is 10.2. The zero-order chi connectivity index (χ0) is 13.4. The van der Waals surface area contributed by atoms with Gasteiger partial charge in [-0.25, -0.2) is 0 Å². The number of imide groups is 1. The van der Waals surface area contributed by atoms with Crippen molar-refractivity contribution in [3.8, 4) is 0 Å². The summed E-state index contributed by atoms with van der Waals surface area (Å²) in [6, 6.07) is 5.48. The molecule has 3 amide bonds. The van der Waals surface area contributed by atoms with Gasteiger partial charge in [0.25, 0.3) is 5.91 Å². The van der Waals surface area contributed by atoms with E-state index in [9.17, 15) is 14.4 Å². The first kappa shape index (κ1) is 11.9. The Morgan fingerprint density at radius 1 is 1.05 bits per heavy atom. The van der Waals surface area contributed by atoms with Gasteiger partial charge in [0.1, 0.15) is 13.1 Å². The molecule has 98 valence electrons. The number of nitrogens with zero attached hydrogens (tertiary/aromatic N) is 1. The quantitative estimate of drug-likeness (QED) is 0.659. The topological polar surface area (TPSA) is 78.5 Å². The van der Waals surface area contributed by atoms with Crippen LogP contribution in [0, 0.1) is 0 Å². The average Bonchev–Trinajstić information content (AvgIpc) is 2.83. The van der Waals surface area contributed by atoms with E-state index in [0.29, 0.717) is 5.56 Å². The normalized spacial score (nSPS) is 18.2. The maximum atomic E-state index is 12.3. The summed E-state index contributed by atoms with van der Waals surface area (Å²) in [5.41, 5.74) is 2.80. The summed E-state index contributed by atoms with van der Waals surface area (Å²) < 4.78 is 0. The van der Waals surface area contributed by atoms with Gasteiger partial charge in [-0.2, -0.15) is 0 Å². The van der Waals surface area contributed by atoms with Crippen LogP contribution in [0.15, 0.2) is 18.2 Å². The molecule has 0 bridgehead atoms. The van der Waals surface area contributed by atoms with Crippen LogP contribution in [-0.2, 0) is 22.7 Å². The lowest BCUT2D eigenvalue weighted by Crippen LogP contribution is -2.53. The van der Waals surface area contributed by atoms with Crippen LogP contribution in [-0.4, -0.2) is 35.7 Å². The predicted molar refractivity (Wildman–Crippen MR) is 66.0 cm³/mol. The molecule has 1 aromatic carbocycles. The van der Waals surface area contributed by atoms with Crippen molar-refractivity contribution in [2.24, 2.45) is 0 Å². The fourth-order valence-electron chi connectivity index (χ4n) is 2.39. The van der Waals surface area contributed by atoms with Crippen molar-refractivity contribution < 1.29 is 14.4 Å². The van der Waals surface area contributed by atoms with Crippen molar-refractivity contribution in [1.29, 1.82) is 0 Å². The lowest BCUT2D eigenvalue weighted by atomic mass is 10.1. The molecular weight excluding hydrogens is 246 g/mol. The second-order valence-electron chi connectivity index (χ2n) is 4.72. The van der Waals surface area contributed by atoms with E-state index < -0.39 is 11.8 Å². The molecule has 2 aliphatic heterocycles. The Kier molecular flexibility index (Phi) is 2.79. The molecule has 19 heavy (non-hydrogen) atoms. The molecule has 0 aromatic heterocycles. The van der Waals surface area contributed by atoms with Crippen LogP contribution in [0.25, 0.3) is 0 Å². The number of carbonyl (C=O) groups is 3. The van der Waals surface area contributed by atoms with Crippen LogP contribution in [0.3, 0.4) is 0 Å². The molecule has 0 unspecified atom stereocenters. The summed E-state index contributed by atoms with van der Waals surface area (Å²) in [7, 11) is 0. The number of rotatable bonds is 1. The van der Waals surface area contributed by atoms with Crippen LogP contribution in [0.4, 0.5) is 0 Å². The van der Waals surface area contributed by atoms with Crippen molar-refractivity contribution >= 4 is 17.7 Å². The summed E-state index contributed by atoms with van der Waals surface area (Å²) in [4.78, 5) is 36.1. The Morgan fingerprint density at radius 3 is 2.47 bits per heavy atom. The highest BCUT2D eigenvalue weighted by molar-refractivity contribution is 6.05. The molecule has 0 aliphatic carbocycles. The smallest absolute Gasteiger partial charge is 0.254 e. The van der Waals surface area contributed by atoms with Gasteiger partial charge in [0.15, 0.2) is 0 Å². The largest absolute Gasteiger partial charge is 0.320 e. The minimum Gasteiger partial charge on any atom is -0.320 e. The molecule has 0 spiro atoms. The zero-order valence-electron chi connectivity index (χ0n) is 10.2. The van der Waals surface area contributed by atoms with Gasteiger partial charge in [-0.1, -0.05) is 6.07 Å². The summed E-state index contributed by atoms with van der Waals surface area (Å²) in [6.45, 7) is 1.42. The molecule has 0 atom stereocenters. The minimum absolute atomic E-state index is 0.0695. The average molecular weight is 259 g/mol. The lowest BCUT2D eigenvalue weighted by Gasteiger charge is -2.25. The lowest BCUT2D eigenvalue weighted by molar-refractivity contribution is -0.135. The highest BCUT2D eigenvalue weighted by atomic mass is 16.2. The number of fused-ring (bicyclic) bond motifs is 1. The SMILES string of the molecule is O=C1CN(C(=O)c2ccc3c(c2)CNC3)CC(=O)N1. The number of hydrogen-bond acceptors (Lipinski definition) is 4. The second kappa shape index (κ2) is 4.47. The standard InChI is InChI=1S/C13H13N3O3/c17-11-6-16(7-12(18)15-11)13(19)8-1-2-9-4-14-5-10(9)3-8/h1-3,14H,4-7H2,(H,15,17,18). The monoisotopic (exact) mass is 259 g/mol. The van der Waals surface area contributed by atoms with Crippen LogP contribution in [0.1, 0.15) is 21.5 Å². The summed E-state index contributed by atoms with van der Waals surface area (Å²) >= 11 is 0. The van der Waals surface area contributed by atoms with Gasteiger partial charge < -0.3 is 10.2 Å². The first-order chi connectivity index (χ1) is 9.13. The van der Waals surface area contributed by atoms with E-state index in [1.807, 2.05) is 12.1 Å². The van der Waals surface area contributed by atoms with Gasteiger partial charge in [-0.15, -0.1) is 0 Å². The Bertz CT molecular complexity index is 566. The summed E-state index contributed by atoms with van der Waals surface area (Å²) in [5, 5.41) is 5.38. The number of benzene rings is 1. The van der Waals surface area contributed by atoms with Gasteiger partial charge in [0, 0.05) is 18.7 Å². The van der Waals surface area contributed by atoms with E-state index in [2.05, 4.69) is 10.6 Å². The third kappa shape index (κ3) is 2.22. The molecule has 2 heterocycles. The second-order valence-corrected chi connectivity index (χ2v) is 4.72. The van der Waals surface area contributed by atoms with Gasteiger partial charge in [-0.05, 0) is 23.3 Å². The van der Waals surface area contributed by atoms with Crippen molar-refractivity contribution in [3.63, 3.8) is 0 Å². The number of piperazine rings is 1. The third-order valence-corrected chi connectivity index (χ3v) is 3.32.